The number of nitrogens with one attached hydrogen (secondary N) is 1. The van der Waals surface area contributed by atoms with Gasteiger partial charge in [0.05, 0.1) is 17.4 Å². The van der Waals surface area contributed by atoms with Gasteiger partial charge in [-0.05, 0) is 43.2 Å². The van der Waals surface area contributed by atoms with Crippen molar-refractivity contribution in [2.45, 2.75) is 19.9 Å². The summed E-state index contributed by atoms with van der Waals surface area (Å²) in [6.45, 7) is 4.05. The maximum Gasteiger partial charge on any atom is 0.223 e. The Balaban J connectivity index is 1.72. The zero-order valence-corrected chi connectivity index (χ0v) is 16.2. The summed E-state index contributed by atoms with van der Waals surface area (Å²) in [7, 11) is 1.95. The number of pyridine rings is 1. The van der Waals surface area contributed by atoms with E-state index < -0.39 is 0 Å². The molecule has 0 bridgehead atoms. The number of benzene rings is 1. The lowest BCUT2D eigenvalue weighted by molar-refractivity contribution is 0.731. The quantitative estimate of drug-likeness (QED) is 0.573. The van der Waals surface area contributed by atoms with Crippen molar-refractivity contribution in [2.24, 2.45) is 7.05 Å². The van der Waals surface area contributed by atoms with Crippen LogP contribution in [0.5, 0.6) is 0 Å². The topological polar surface area (TPSA) is 68.5 Å². The third-order valence-electron chi connectivity index (χ3n) is 4.87. The first-order valence-corrected chi connectivity index (χ1v) is 9.18. The standard InChI is InChI=1S/C22H22N6/c1-15-20(16(2)28(3)27-15)19-11-14-24-22(25-19)26-21(17-7-5-4-6-8-17)18-9-12-23-13-10-18/h4-14,21H,1-3H3,(H,24,25,26). The fourth-order valence-corrected chi connectivity index (χ4v) is 3.40. The number of rotatable bonds is 5. The zero-order chi connectivity index (χ0) is 19.5. The number of anilines is 1. The second-order valence-corrected chi connectivity index (χ2v) is 6.70. The molecule has 0 aliphatic heterocycles. The first-order valence-electron chi connectivity index (χ1n) is 9.18. The molecule has 0 saturated heterocycles. The highest BCUT2D eigenvalue weighted by Crippen LogP contribution is 2.28. The zero-order valence-electron chi connectivity index (χ0n) is 16.2. The van der Waals surface area contributed by atoms with Gasteiger partial charge < -0.3 is 5.32 Å². The first-order chi connectivity index (χ1) is 13.6. The lowest BCUT2D eigenvalue weighted by Crippen LogP contribution is -2.14. The summed E-state index contributed by atoms with van der Waals surface area (Å²) in [5, 5.41) is 7.99. The Labute approximate surface area is 164 Å². The second kappa shape index (κ2) is 7.60. The third kappa shape index (κ3) is 3.49. The van der Waals surface area contributed by atoms with Crippen LogP contribution in [-0.4, -0.2) is 24.7 Å². The van der Waals surface area contributed by atoms with Crippen LogP contribution in [0.1, 0.15) is 28.6 Å². The molecule has 0 saturated carbocycles. The molecule has 3 heterocycles. The van der Waals surface area contributed by atoms with Crippen molar-refractivity contribution in [3.63, 3.8) is 0 Å². The number of nitrogens with zero attached hydrogens (tertiary/aromatic N) is 5. The van der Waals surface area contributed by atoms with Gasteiger partial charge >= 0.3 is 0 Å². The van der Waals surface area contributed by atoms with E-state index in [9.17, 15) is 0 Å². The molecule has 4 aromatic rings. The number of aromatic nitrogens is 5. The van der Waals surface area contributed by atoms with Gasteiger partial charge in [0.1, 0.15) is 0 Å². The van der Waals surface area contributed by atoms with Crippen LogP contribution in [0.3, 0.4) is 0 Å². The minimum atomic E-state index is -0.0736. The van der Waals surface area contributed by atoms with Crippen molar-refractivity contribution in [3.8, 4) is 11.3 Å². The van der Waals surface area contributed by atoms with Crippen molar-refractivity contribution in [3.05, 3.63) is 89.6 Å². The van der Waals surface area contributed by atoms with Crippen LogP contribution < -0.4 is 5.32 Å². The Morgan fingerprint density at radius 2 is 1.61 bits per heavy atom. The van der Waals surface area contributed by atoms with E-state index in [-0.39, 0.29) is 6.04 Å². The van der Waals surface area contributed by atoms with Crippen molar-refractivity contribution in [2.75, 3.05) is 5.32 Å². The molecule has 0 radical (unpaired) electrons. The lowest BCUT2D eigenvalue weighted by Gasteiger charge is -2.20. The van der Waals surface area contributed by atoms with Gasteiger partial charge in [0.25, 0.3) is 0 Å². The first kappa shape index (κ1) is 17.9. The van der Waals surface area contributed by atoms with Crippen molar-refractivity contribution < 1.29 is 0 Å². The molecule has 3 aromatic heterocycles. The molecule has 6 heteroatoms. The van der Waals surface area contributed by atoms with E-state index >= 15 is 0 Å². The van der Waals surface area contributed by atoms with Gasteiger partial charge in [-0.15, -0.1) is 0 Å². The van der Waals surface area contributed by atoms with Crippen molar-refractivity contribution >= 4 is 5.95 Å². The summed E-state index contributed by atoms with van der Waals surface area (Å²) in [6, 6.07) is 16.1. The summed E-state index contributed by atoms with van der Waals surface area (Å²) < 4.78 is 1.88. The van der Waals surface area contributed by atoms with Gasteiger partial charge in [0.15, 0.2) is 0 Å². The van der Waals surface area contributed by atoms with Gasteiger partial charge in [-0.3, -0.25) is 9.67 Å². The normalized spacial score (nSPS) is 12.0. The summed E-state index contributed by atoms with van der Waals surface area (Å²) >= 11 is 0. The van der Waals surface area contributed by atoms with Crippen LogP contribution in [0.2, 0.25) is 0 Å². The van der Waals surface area contributed by atoms with E-state index in [1.54, 1.807) is 18.6 Å². The van der Waals surface area contributed by atoms with Crippen LogP contribution in [-0.2, 0) is 7.05 Å². The Kier molecular flexibility index (Phi) is 4.85. The van der Waals surface area contributed by atoms with Gasteiger partial charge in [-0.25, -0.2) is 9.97 Å². The Morgan fingerprint density at radius 1 is 0.893 bits per heavy atom. The van der Waals surface area contributed by atoms with Gasteiger partial charge in [-0.2, -0.15) is 5.10 Å². The predicted molar refractivity (Wildman–Crippen MR) is 110 cm³/mol. The molecule has 1 unspecified atom stereocenters. The maximum absolute atomic E-state index is 4.78. The summed E-state index contributed by atoms with van der Waals surface area (Å²) in [5.74, 6) is 0.575. The van der Waals surface area contributed by atoms with Crippen LogP contribution in [0.15, 0.2) is 67.1 Å². The summed E-state index contributed by atoms with van der Waals surface area (Å²) in [4.78, 5) is 13.4. The lowest BCUT2D eigenvalue weighted by atomic mass is 10.00. The molecule has 0 fully saturated rings. The molecule has 1 N–H and O–H groups in total. The van der Waals surface area contributed by atoms with E-state index in [2.05, 4.69) is 32.5 Å². The molecule has 6 nitrogen and oxygen atoms in total. The SMILES string of the molecule is Cc1nn(C)c(C)c1-c1ccnc(NC(c2ccccc2)c2ccncc2)n1. The van der Waals surface area contributed by atoms with Gasteiger partial charge in [0.2, 0.25) is 5.95 Å². The summed E-state index contributed by atoms with van der Waals surface area (Å²) in [5.41, 5.74) is 6.19. The van der Waals surface area contributed by atoms with E-state index in [1.165, 1.54) is 0 Å². The molecule has 4 rings (SSSR count). The van der Waals surface area contributed by atoms with E-state index in [0.29, 0.717) is 5.95 Å². The minimum absolute atomic E-state index is 0.0736. The highest BCUT2D eigenvalue weighted by Gasteiger charge is 2.17. The maximum atomic E-state index is 4.78. The predicted octanol–water partition coefficient (Wildman–Crippen LogP) is 4.09. The van der Waals surface area contributed by atoms with Crippen LogP contribution >= 0.6 is 0 Å². The highest BCUT2D eigenvalue weighted by molar-refractivity contribution is 5.65. The second-order valence-electron chi connectivity index (χ2n) is 6.70. The molecule has 28 heavy (non-hydrogen) atoms. The average Bonchev–Trinajstić information content (AvgIpc) is 2.99. The van der Waals surface area contributed by atoms with Gasteiger partial charge in [0, 0.05) is 36.9 Å². The van der Waals surface area contributed by atoms with Crippen LogP contribution in [0.4, 0.5) is 5.95 Å². The van der Waals surface area contributed by atoms with E-state index in [1.807, 2.05) is 62.0 Å². The van der Waals surface area contributed by atoms with E-state index in [0.717, 1.165) is 33.8 Å². The molecule has 0 aliphatic rings. The molecular weight excluding hydrogens is 348 g/mol. The largest absolute Gasteiger partial charge is 0.343 e. The molecular formula is C22H22N6. The monoisotopic (exact) mass is 370 g/mol. The number of hydrogen-bond donors (Lipinski definition) is 1. The van der Waals surface area contributed by atoms with Crippen molar-refractivity contribution in [1.29, 1.82) is 0 Å². The molecule has 0 amide bonds. The Morgan fingerprint density at radius 3 is 2.29 bits per heavy atom. The van der Waals surface area contributed by atoms with Crippen LogP contribution in [0.25, 0.3) is 11.3 Å². The highest BCUT2D eigenvalue weighted by atomic mass is 15.3. The molecule has 1 atom stereocenters. The molecule has 140 valence electrons. The van der Waals surface area contributed by atoms with Crippen molar-refractivity contribution in [1.82, 2.24) is 24.7 Å². The Bertz CT molecular complexity index is 1030. The smallest absolute Gasteiger partial charge is 0.223 e. The molecule has 0 spiro atoms. The Hall–Kier alpha value is -3.54. The fraction of sp³-hybridized carbons (Fsp3) is 0.182. The minimum Gasteiger partial charge on any atom is -0.343 e. The molecule has 0 aliphatic carbocycles. The number of hydrogen-bond acceptors (Lipinski definition) is 5. The number of aryl methyl sites for hydroxylation is 2. The average molecular weight is 370 g/mol. The van der Waals surface area contributed by atoms with Gasteiger partial charge in [-0.1, -0.05) is 30.3 Å². The van der Waals surface area contributed by atoms with E-state index in [4.69, 9.17) is 4.98 Å². The summed E-state index contributed by atoms with van der Waals surface area (Å²) in [6.07, 6.45) is 5.38. The molecule has 1 aromatic carbocycles. The third-order valence-corrected chi connectivity index (χ3v) is 4.87. The fourth-order valence-electron chi connectivity index (χ4n) is 3.40. The van der Waals surface area contributed by atoms with Crippen LogP contribution in [0, 0.1) is 13.8 Å².